The standard InChI is InChI=1S/C11H20BO5S/c1-7-8-9(17-10(2,3)16-8)11(15-7,5-13-4)6-14-18-12/h7-9,12H,5-6H2,1-4H3/t7?,8-,9?,11?/m1/s1/i4TD,12T/t4?,7?,8-,9?,11?. The minimum Gasteiger partial charge on any atom is -0.381 e. The summed E-state index contributed by atoms with van der Waals surface area (Å²) in [5, 5.41) is 0. The Morgan fingerprint density at radius 1 is 1.50 bits per heavy atom. The van der Waals surface area contributed by atoms with Crippen molar-refractivity contribution >= 4 is 19.0 Å². The molecule has 2 heterocycles. The van der Waals surface area contributed by atoms with Crippen molar-refractivity contribution in [2.24, 2.45) is 0 Å². The monoisotopic (exact) mass is 280 g/mol. The van der Waals surface area contributed by atoms with Gasteiger partial charge in [-0.1, -0.05) is 11.9 Å². The zero-order valence-electron chi connectivity index (χ0n) is 13.8. The summed E-state index contributed by atoms with van der Waals surface area (Å²) in [6.45, 7) is 5.65. The van der Waals surface area contributed by atoms with E-state index in [1.807, 2.05) is 20.8 Å². The van der Waals surface area contributed by atoms with E-state index in [1.54, 1.807) is 0 Å². The average Bonchev–Trinajstić information content (AvgIpc) is 2.83. The van der Waals surface area contributed by atoms with E-state index in [2.05, 4.69) is 0 Å². The Hall–Kier alpha value is 0.215. The first-order chi connectivity index (χ1) is 9.80. The van der Waals surface area contributed by atoms with Crippen LogP contribution in [0, 0.1) is 0 Å². The lowest BCUT2D eigenvalue weighted by molar-refractivity contribution is -0.220. The summed E-state index contributed by atoms with van der Waals surface area (Å²) in [4.78, 5) is 0. The van der Waals surface area contributed by atoms with Crippen LogP contribution in [0.2, 0.25) is 0 Å². The van der Waals surface area contributed by atoms with Crippen LogP contribution in [-0.4, -0.2) is 58.4 Å². The van der Waals surface area contributed by atoms with Gasteiger partial charge in [0.15, 0.2) is 5.79 Å². The lowest BCUT2D eigenvalue weighted by Gasteiger charge is -2.33. The van der Waals surface area contributed by atoms with Crippen LogP contribution >= 0.6 is 11.9 Å². The molecule has 0 aromatic rings. The van der Waals surface area contributed by atoms with Crippen LogP contribution in [0.3, 0.4) is 0 Å². The third kappa shape index (κ3) is 2.57. The fraction of sp³-hybridized carbons (Fsp3) is 1.00. The minimum atomic E-state index is -1.41. The summed E-state index contributed by atoms with van der Waals surface area (Å²) in [5.41, 5.74) is -0.950. The second-order valence-corrected chi connectivity index (χ2v) is 5.51. The molecular weight excluding hydrogens is 255 g/mol. The van der Waals surface area contributed by atoms with E-state index >= 15 is 0 Å². The minimum absolute atomic E-state index is 0.00578. The van der Waals surface area contributed by atoms with E-state index in [9.17, 15) is 0 Å². The van der Waals surface area contributed by atoms with Gasteiger partial charge in [0, 0.05) is 7.06 Å². The molecule has 0 aromatic carbocycles. The molecule has 103 valence electrons. The first-order valence-electron chi connectivity index (χ1n) is 7.51. The van der Waals surface area contributed by atoms with Crippen LogP contribution in [0.25, 0.3) is 0 Å². The Bertz CT molecular complexity index is 365. The van der Waals surface area contributed by atoms with E-state index in [-0.39, 0.29) is 25.4 Å². The van der Waals surface area contributed by atoms with Crippen molar-refractivity contribution in [3.05, 3.63) is 0 Å². The van der Waals surface area contributed by atoms with Gasteiger partial charge >= 0.3 is 0 Å². The largest absolute Gasteiger partial charge is 0.381 e. The van der Waals surface area contributed by atoms with Gasteiger partial charge < -0.3 is 23.1 Å². The number of rotatable bonds is 6. The van der Waals surface area contributed by atoms with Gasteiger partial charge in [0.25, 0.3) is 0 Å². The van der Waals surface area contributed by atoms with E-state index < -0.39 is 24.6 Å². The molecule has 0 N–H and O–H groups in total. The summed E-state index contributed by atoms with van der Waals surface area (Å²) in [7, 11) is -0.344. The van der Waals surface area contributed by atoms with Crippen molar-refractivity contribution in [3.8, 4) is 0 Å². The van der Waals surface area contributed by atoms with Crippen molar-refractivity contribution in [2.45, 2.75) is 50.5 Å². The van der Waals surface area contributed by atoms with Crippen molar-refractivity contribution in [2.75, 3.05) is 20.3 Å². The number of methoxy groups -OCH3 is 1. The highest BCUT2D eigenvalue weighted by atomic mass is 32.2. The molecule has 1 radical (unpaired) electrons. The third-order valence-electron chi connectivity index (χ3n) is 3.23. The quantitative estimate of drug-likeness (QED) is 0.407. The molecule has 2 fully saturated rings. The SMILES string of the molecule is [2H]C([3H])OCC1(COS[B][3H])OC(C)[C@H]2OC(C)(C)OC21. The zero-order chi connectivity index (χ0) is 15.7. The number of ether oxygens (including phenoxy) is 4. The first kappa shape index (κ1) is 10.9. The molecular formula is C11H20BO5S. The molecule has 0 aliphatic carbocycles. The molecule has 5 atom stereocenters. The first-order valence-corrected chi connectivity index (χ1v) is 6.58. The molecule has 5 nitrogen and oxygen atoms in total. The zero-order valence-corrected chi connectivity index (χ0v) is 11.6. The van der Waals surface area contributed by atoms with Gasteiger partial charge in [-0.15, -0.1) is 0 Å². The summed E-state index contributed by atoms with van der Waals surface area (Å²) in [6, 6.07) is 0. The summed E-state index contributed by atoms with van der Waals surface area (Å²) in [5.74, 6) is -0.728. The Kier molecular flexibility index (Phi) is 3.22. The maximum absolute atomic E-state index is 7.19. The van der Waals surface area contributed by atoms with Crippen LogP contribution in [0.1, 0.15) is 23.5 Å². The highest BCUT2D eigenvalue weighted by Crippen LogP contribution is 2.44. The third-order valence-corrected chi connectivity index (χ3v) is 3.48. The molecule has 2 aliphatic heterocycles. The molecule has 2 aliphatic rings. The number of hydrogen-bond acceptors (Lipinski definition) is 6. The van der Waals surface area contributed by atoms with Crippen LogP contribution in [0.15, 0.2) is 0 Å². The van der Waals surface area contributed by atoms with Gasteiger partial charge in [-0.2, -0.15) is 0 Å². The molecule has 4 unspecified atom stereocenters. The van der Waals surface area contributed by atoms with Crippen molar-refractivity contribution in [1.82, 2.24) is 0 Å². The number of fused-ring (bicyclic) bond motifs is 1. The van der Waals surface area contributed by atoms with Gasteiger partial charge in [-0.3, -0.25) is 0 Å². The van der Waals surface area contributed by atoms with Crippen LogP contribution in [0.5, 0.6) is 0 Å². The van der Waals surface area contributed by atoms with E-state index in [1.165, 1.54) is 0 Å². The van der Waals surface area contributed by atoms with Gasteiger partial charge in [0.05, 0.1) is 22.1 Å². The molecule has 0 spiro atoms. The molecule has 2 saturated heterocycles. The molecule has 0 saturated carbocycles. The highest BCUT2D eigenvalue weighted by molar-refractivity contribution is 8.15. The van der Waals surface area contributed by atoms with Crippen LogP contribution in [0.4, 0.5) is 0 Å². The lowest BCUT2D eigenvalue weighted by Crippen LogP contribution is -2.50. The van der Waals surface area contributed by atoms with Gasteiger partial charge in [0.2, 0.25) is 7.09 Å². The second-order valence-electron chi connectivity index (χ2n) is 5.08. The molecule has 0 amide bonds. The van der Waals surface area contributed by atoms with Crippen LogP contribution < -0.4 is 0 Å². The molecule has 0 bridgehead atoms. The molecule has 2 rings (SSSR count). The Morgan fingerprint density at radius 3 is 3.06 bits per heavy atom. The predicted octanol–water partition coefficient (Wildman–Crippen LogP) is 0.791. The number of hydrogen-bond donors (Lipinski definition) is 0. The fourth-order valence-electron chi connectivity index (χ4n) is 2.59. The van der Waals surface area contributed by atoms with Crippen molar-refractivity contribution in [1.29, 1.82) is 1.34 Å². The maximum atomic E-state index is 7.19. The van der Waals surface area contributed by atoms with Gasteiger partial charge in [-0.25, -0.2) is 0 Å². The molecule has 18 heavy (non-hydrogen) atoms. The Morgan fingerprint density at radius 2 is 2.33 bits per heavy atom. The predicted molar refractivity (Wildman–Crippen MR) is 69.7 cm³/mol. The highest BCUT2D eigenvalue weighted by Gasteiger charge is 2.61. The smallest absolute Gasteiger partial charge is 0.209 e. The maximum Gasteiger partial charge on any atom is 0.209 e. The molecule has 7 heteroatoms. The summed E-state index contributed by atoms with van der Waals surface area (Å²) < 4.78 is 49.5. The van der Waals surface area contributed by atoms with Gasteiger partial charge in [0.1, 0.15) is 17.8 Å². The Labute approximate surface area is 117 Å². The van der Waals surface area contributed by atoms with E-state index in [0.29, 0.717) is 0 Å². The van der Waals surface area contributed by atoms with Crippen molar-refractivity contribution < 1.29 is 25.9 Å². The van der Waals surface area contributed by atoms with E-state index in [0.717, 1.165) is 19.0 Å². The molecule has 0 aromatic heterocycles. The average molecular weight is 280 g/mol. The fourth-order valence-corrected chi connectivity index (χ4v) is 2.86. The van der Waals surface area contributed by atoms with Crippen molar-refractivity contribution in [3.63, 3.8) is 0 Å². The topological polar surface area (TPSA) is 46.2 Å². The normalized spacial score (nSPS) is 45.9. The van der Waals surface area contributed by atoms with Gasteiger partial charge in [-0.05, 0) is 22.1 Å². The second kappa shape index (κ2) is 5.30. The summed E-state index contributed by atoms with van der Waals surface area (Å²) >= 11 is 0.879. The van der Waals surface area contributed by atoms with E-state index in [4.69, 9.17) is 27.2 Å². The summed E-state index contributed by atoms with van der Waals surface area (Å²) in [6.07, 6.45) is -0.886. The van der Waals surface area contributed by atoms with Crippen LogP contribution in [-0.2, 0) is 23.1 Å². The Balaban J connectivity index is 2.14. The lowest BCUT2D eigenvalue weighted by atomic mass is 9.96.